The molecule has 0 amide bonds. The summed E-state index contributed by atoms with van der Waals surface area (Å²) in [5.41, 5.74) is 0. The van der Waals surface area contributed by atoms with Crippen molar-refractivity contribution in [1.29, 1.82) is 0 Å². The smallest absolute Gasteiger partial charge is 0.0739 e. The fraction of sp³-hybridized carbons (Fsp3) is 0.714. The molecule has 1 heterocycles. The highest BCUT2D eigenvalue weighted by molar-refractivity contribution is 9.11. The fourth-order valence-corrected chi connectivity index (χ4v) is 1.38. The van der Waals surface area contributed by atoms with E-state index in [1.807, 2.05) is 0 Å². The lowest BCUT2D eigenvalue weighted by atomic mass is 10.2. The Morgan fingerprint density at radius 3 is 3.11 bits per heavy atom. The van der Waals surface area contributed by atoms with Crippen LogP contribution in [0.25, 0.3) is 0 Å². The number of allylic oxidation sites excluding steroid dienone is 1. The van der Waals surface area contributed by atoms with E-state index in [4.69, 9.17) is 0 Å². The van der Waals surface area contributed by atoms with Crippen molar-refractivity contribution in [3.05, 3.63) is 10.7 Å². The van der Waals surface area contributed by atoms with E-state index in [1.165, 1.54) is 30.3 Å². The van der Waals surface area contributed by atoms with Gasteiger partial charge in [0.25, 0.3) is 0 Å². The molecule has 0 saturated heterocycles. The molecule has 0 radical (unpaired) electrons. The maximum Gasteiger partial charge on any atom is 0.0739 e. The Morgan fingerprint density at radius 1 is 1.33 bits per heavy atom. The van der Waals surface area contributed by atoms with Gasteiger partial charge in [-0.15, -0.1) is 0 Å². The zero-order valence-electron chi connectivity index (χ0n) is 5.49. The van der Waals surface area contributed by atoms with E-state index in [1.54, 1.807) is 0 Å². The van der Waals surface area contributed by atoms with Crippen molar-refractivity contribution in [3.8, 4) is 0 Å². The van der Waals surface area contributed by atoms with E-state index in [-0.39, 0.29) is 0 Å². The molecular formula is C7H12BrN. The van der Waals surface area contributed by atoms with Crippen molar-refractivity contribution < 1.29 is 0 Å². The predicted molar refractivity (Wildman–Crippen MR) is 43.5 cm³/mol. The summed E-state index contributed by atoms with van der Waals surface area (Å²) >= 11 is 3.42. The summed E-state index contributed by atoms with van der Waals surface area (Å²) in [5, 5.41) is 3.26. The standard InChI is InChI=1S/C7H12BrN/c8-7-5-3-1-2-4-6-9-7/h5,9H,1-4,6H2. The molecule has 1 aliphatic heterocycles. The van der Waals surface area contributed by atoms with Crippen LogP contribution in [0.3, 0.4) is 0 Å². The van der Waals surface area contributed by atoms with E-state index >= 15 is 0 Å². The van der Waals surface area contributed by atoms with Crippen molar-refractivity contribution in [3.63, 3.8) is 0 Å². The van der Waals surface area contributed by atoms with Gasteiger partial charge in [-0.25, -0.2) is 0 Å². The first-order valence-corrected chi connectivity index (χ1v) is 4.28. The van der Waals surface area contributed by atoms with E-state index in [0.717, 1.165) is 6.54 Å². The first kappa shape index (κ1) is 7.13. The highest BCUT2D eigenvalue weighted by Gasteiger charge is 1.95. The van der Waals surface area contributed by atoms with Crippen LogP contribution in [0.5, 0.6) is 0 Å². The first-order valence-electron chi connectivity index (χ1n) is 3.49. The van der Waals surface area contributed by atoms with E-state index in [0.29, 0.717) is 0 Å². The summed E-state index contributed by atoms with van der Waals surface area (Å²) in [7, 11) is 0. The number of hydrogen-bond donors (Lipinski definition) is 1. The zero-order chi connectivity index (χ0) is 6.53. The van der Waals surface area contributed by atoms with Crippen LogP contribution >= 0.6 is 15.9 Å². The summed E-state index contributed by atoms with van der Waals surface area (Å²) in [4.78, 5) is 0. The number of halogens is 1. The van der Waals surface area contributed by atoms with Crippen molar-refractivity contribution >= 4 is 15.9 Å². The molecule has 52 valence electrons. The van der Waals surface area contributed by atoms with Crippen LogP contribution in [0.4, 0.5) is 0 Å². The van der Waals surface area contributed by atoms with Crippen molar-refractivity contribution in [2.24, 2.45) is 0 Å². The average molecular weight is 190 g/mol. The first-order chi connectivity index (χ1) is 4.39. The van der Waals surface area contributed by atoms with Gasteiger partial charge in [0, 0.05) is 6.54 Å². The minimum absolute atomic E-state index is 1.12. The fourth-order valence-electron chi connectivity index (χ4n) is 0.955. The van der Waals surface area contributed by atoms with Gasteiger partial charge in [-0.3, -0.25) is 0 Å². The third-order valence-corrected chi connectivity index (χ3v) is 2.10. The van der Waals surface area contributed by atoms with Crippen LogP contribution in [0.2, 0.25) is 0 Å². The number of nitrogens with one attached hydrogen (secondary N) is 1. The normalized spacial score (nSPS) is 21.2. The van der Waals surface area contributed by atoms with Gasteiger partial charge in [0.1, 0.15) is 0 Å². The summed E-state index contributed by atoms with van der Waals surface area (Å²) in [6, 6.07) is 0. The molecule has 1 aliphatic rings. The quantitative estimate of drug-likeness (QED) is 0.578. The van der Waals surface area contributed by atoms with Crippen molar-refractivity contribution in [2.75, 3.05) is 6.54 Å². The van der Waals surface area contributed by atoms with Gasteiger partial charge in [0.05, 0.1) is 4.61 Å². The molecule has 0 aromatic rings. The topological polar surface area (TPSA) is 12.0 Å². The van der Waals surface area contributed by atoms with Gasteiger partial charge in [-0.1, -0.05) is 12.5 Å². The molecular weight excluding hydrogens is 178 g/mol. The molecule has 0 fully saturated rings. The Hall–Kier alpha value is 0.0200. The molecule has 0 aromatic carbocycles. The molecule has 9 heavy (non-hydrogen) atoms. The molecule has 0 saturated carbocycles. The lowest BCUT2D eigenvalue weighted by Crippen LogP contribution is -2.12. The largest absolute Gasteiger partial charge is 0.380 e. The summed E-state index contributed by atoms with van der Waals surface area (Å²) < 4.78 is 1.17. The predicted octanol–water partition coefficient (Wildman–Crippen LogP) is 2.39. The van der Waals surface area contributed by atoms with E-state index in [9.17, 15) is 0 Å². The Labute approximate surface area is 64.7 Å². The summed E-state index contributed by atoms with van der Waals surface area (Å²) in [6.45, 7) is 1.12. The van der Waals surface area contributed by atoms with Gasteiger partial charge in [-0.2, -0.15) is 0 Å². The average Bonchev–Trinajstić information content (AvgIpc) is 1.79. The third-order valence-electron chi connectivity index (χ3n) is 1.50. The van der Waals surface area contributed by atoms with Crippen molar-refractivity contribution in [2.45, 2.75) is 25.7 Å². The van der Waals surface area contributed by atoms with Crippen LogP contribution in [0, 0.1) is 0 Å². The minimum atomic E-state index is 1.12. The molecule has 2 heteroatoms. The highest BCUT2D eigenvalue weighted by Crippen LogP contribution is 2.09. The summed E-state index contributed by atoms with van der Waals surface area (Å²) in [5.74, 6) is 0. The van der Waals surface area contributed by atoms with Crippen LogP contribution in [0.15, 0.2) is 10.7 Å². The molecule has 0 aromatic heterocycles. The van der Waals surface area contributed by atoms with Gasteiger partial charge in [0.2, 0.25) is 0 Å². The second-order valence-electron chi connectivity index (χ2n) is 2.33. The van der Waals surface area contributed by atoms with E-state index < -0.39 is 0 Å². The highest BCUT2D eigenvalue weighted by atomic mass is 79.9. The third kappa shape index (κ3) is 2.89. The van der Waals surface area contributed by atoms with E-state index in [2.05, 4.69) is 27.3 Å². The monoisotopic (exact) mass is 189 g/mol. The molecule has 1 nitrogen and oxygen atoms in total. The summed E-state index contributed by atoms with van der Waals surface area (Å²) in [6.07, 6.45) is 7.44. The maximum atomic E-state index is 3.42. The Bertz CT molecular complexity index is 109. The van der Waals surface area contributed by atoms with Crippen LogP contribution < -0.4 is 5.32 Å². The minimum Gasteiger partial charge on any atom is -0.380 e. The van der Waals surface area contributed by atoms with Gasteiger partial charge < -0.3 is 5.32 Å². The molecule has 0 unspecified atom stereocenters. The second kappa shape index (κ2) is 3.94. The molecule has 0 spiro atoms. The van der Waals surface area contributed by atoms with Crippen molar-refractivity contribution in [1.82, 2.24) is 5.32 Å². The number of rotatable bonds is 0. The Kier molecular flexibility index (Phi) is 3.12. The molecule has 0 bridgehead atoms. The van der Waals surface area contributed by atoms with Gasteiger partial charge in [0.15, 0.2) is 0 Å². The second-order valence-corrected chi connectivity index (χ2v) is 3.18. The lowest BCUT2D eigenvalue weighted by Gasteiger charge is -2.07. The Balaban J connectivity index is 2.32. The maximum absolute atomic E-state index is 3.42. The van der Waals surface area contributed by atoms with Crippen LogP contribution in [-0.4, -0.2) is 6.54 Å². The zero-order valence-corrected chi connectivity index (χ0v) is 7.08. The SMILES string of the molecule is BrC1=CCCCCCN1. The molecule has 1 N–H and O–H groups in total. The lowest BCUT2D eigenvalue weighted by molar-refractivity contribution is 0.640. The number of hydrogen-bond acceptors (Lipinski definition) is 1. The van der Waals surface area contributed by atoms with Crippen LogP contribution in [0.1, 0.15) is 25.7 Å². The van der Waals surface area contributed by atoms with Gasteiger partial charge >= 0.3 is 0 Å². The molecule has 1 rings (SSSR count). The van der Waals surface area contributed by atoms with Crippen LogP contribution in [-0.2, 0) is 0 Å². The van der Waals surface area contributed by atoms with Gasteiger partial charge in [-0.05, 0) is 35.2 Å². The molecule has 0 atom stereocenters. The Morgan fingerprint density at radius 2 is 2.22 bits per heavy atom. The molecule has 0 aliphatic carbocycles.